The van der Waals surface area contributed by atoms with Crippen molar-refractivity contribution in [2.45, 2.75) is 38.5 Å². The average molecular weight is 153 g/mol. The van der Waals surface area contributed by atoms with E-state index in [1.807, 2.05) is 0 Å². The topological polar surface area (TPSA) is 26.0 Å². The standard InChI is InChI=1S/C10H19N/c1-9-4-2-3-5-10(8-11)7-6-9/h10H,1-8,11H2. The molecule has 1 atom stereocenters. The monoisotopic (exact) mass is 153 g/mol. The van der Waals surface area contributed by atoms with Crippen LogP contribution in [0.1, 0.15) is 38.5 Å². The van der Waals surface area contributed by atoms with E-state index in [9.17, 15) is 0 Å². The highest BCUT2D eigenvalue weighted by Gasteiger charge is 2.10. The van der Waals surface area contributed by atoms with Crippen LogP contribution in [0.15, 0.2) is 12.2 Å². The van der Waals surface area contributed by atoms with E-state index < -0.39 is 0 Å². The fourth-order valence-corrected chi connectivity index (χ4v) is 1.72. The first-order chi connectivity index (χ1) is 5.33. The zero-order valence-corrected chi connectivity index (χ0v) is 7.31. The van der Waals surface area contributed by atoms with E-state index in [2.05, 4.69) is 6.58 Å². The summed E-state index contributed by atoms with van der Waals surface area (Å²) < 4.78 is 0. The first-order valence-electron chi connectivity index (χ1n) is 4.69. The smallest absolute Gasteiger partial charge is 0.00488 e. The Hall–Kier alpha value is -0.300. The molecular formula is C10H19N. The summed E-state index contributed by atoms with van der Waals surface area (Å²) >= 11 is 0. The molecule has 0 radical (unpaired) electrons. The largest absolute Gasteiger partial charge is 0.330 e. The van der Waals surface area contributed by atoms with Gasteiger partial charge in [-0.1, -0.05) is 18.6 Å². The third-order valence-corrected chi connectivity index (χ3v) is 2.63. The van der Waals surface area contributed by atoms with E-state index in [0.717, 1.165) is 12.5 Å². The Morgan fingerprint density at radius 3 is 2.82 bits per heavy atom. The molecule has 1 fully saturated rings. The third kappa shape index (κ3) is 3.06. The summed E-state index contributed by atoms with van der Waals surface area (Å²) in [5.41, 5.74) is 7.07. The van der Waals surface area contributed by atoms with Crippen molar-refractivity contribution in [3.05, 3.63) is 12.2 Å². The van der Waals surface area contributed by atoms with Gasteiger partial charge in [0.15, 0.2) is 0 Å². The quantitative estimate of drug-likeness (QED) is 0.575. The minimum absolute atomic E-state index is 0.770. The van der Waals surface area contributed by atoms with E-state index in [0.29, 0.717) is 0 Å². The van der Waals surface area contributed by atoms with Crippen LogP contribution in [0, 0.1) is 5.92 Å². The minimum Gasteiger partial charge on any atom is -0.330 e. The molecule has 1 aliphatic rings. The Bertz CT molecular complexity index is 129. The molecule has 0 saturated heterocycles. The number of rotatable bonds is 1. The normalized spacial score (nSPS) is 27.7. The minimum atomic E-state index is 0.770. The number of hydrogen-bond donors (Lipinski definition) is 1. The molecule has 1 aliphatic carbocycles. The van der Waals surface area contributed by atoms with Crippen LogP contribution in [0.4, 0.5) is 0 Å². The van der Waals surface area contributed by atoms with Gasteiger partial charge in [0.25, 0.3) is 0 Å². The molecule has 1 saturated carbocycles. The molecule has 0 heterocycles. The van der Waals surface area contributed by atoms with Crippen molar-refractivity contribution in [1.29, 1.82) is 0 Å². The Morgan fingerprint density at radius 2 is 2.09 bits per heavy atom. The molecule has 1 nitrogen and oxygen atoms in total. The number of nitrogens with two attached hydrogens (primary N) is 1. The first kappa shape index (κ1) is 8.79. The van der Waals surface area contributed by atoms with Gasteiger partial charge in [0, 0.05) is 0 Å². The van der Waals surface area contributed by atoms with Crippen molar-refractivity contribution in [2.75, 3.05) is 6.54 Å². The van der Waals surface area contributed by atoms with Gasteiger partial charge in [0.2, 0.25) is 0 Å². The Labute approximate surface area is 69.7 Å². The van der Waals surface area contributed by atoms with E-state index in [4.69, 9.17) is 5.73 Å². The van der Waals surface area contributed by atoms with Gasteiger partial charge in [0.1, 0.15) is 0 Å². The van der Waals surface area contributed by atoms with Crippen LogP contribution in [0.25, 0.3) is 0 Å². The van der Waals surface area contributed by atoms with Gasteiger partial charge in [-0.2, -0.15) is 0 Å². The van der Waals surface area contributed by atoms with Crippen molar-refractivity contribution in [2.24, 2.45) is 11.7 Å². The molecule has 0 bridgehead atoms. The Kier molecular flexibility index (Phi) is 3.64. The van der Waals surface area contributed by atoms with Crippen LogP contribution < -0.4 is 5.73 Å². The van der Waals surface area contributed by atoms with E-state index in [1.54, 1.807) is 0 Å². The van der Waals surface area contributed by atoms with Gasteiger partial charge in [-0.25, -0.2) is 0 Å². The van der Waals surface area contributed by atoms with Crippen LogP contribution >= 0.6 is 0 Å². The molecule has 0 aliphatic heterocycles. The van der Waals surface area contributed by atoms with Crippen LogP contribution in [0.2, 0.25) is 0 Å². The third-order valence-electron chi connectivity index (χ3n) is 2.63. The van der Waals surface area contributed by atoms with Crippen LogP contribution in [-0.4, -0.2) is 6.54 Å². The zero-order valence-electron chi connectivity index (χ0n) is 7.31. The molecule has 1 unspecified atom stereocenters. The summed E-state index contributed by atoms with van der Waals surface area (Å²) in [6.45, 7) is 4.91. The first-order valence-corrected chi connectivity index (χ1v) is 4.69. The summed E-state index contributed by atoms with van der Waals surface area (Å²) in [5, 5.41) is 0. The fourth-order valence-electron chi connectivity index (χ4n) is 1.72. The van der Waals surface area contributed by atoms with Crippen LogP contribution in [-0.2, 0) is 0 Å². The molecule has 0 aromatic heterocycles. The maximum atomic E-state index is 5.64. The molecular weight excluding hydrogens is 134 g/mol. The summed E-state index contributed by atoms with van der Waals surface area (Å²) in [4.78, 5) is 0. The van der Waals surface area contributed by atoms with Gasteiger partial charge >= 0.3 is 0 Å². The van der Waals surface area contributed by atoms with Crippen molar-refractivity contribution < 1.29 is 0 Å². The van der Waals surface area contributed by atoms with Crippen LogP contribution in [0.5, 0.6) is 0 Å². The maximum absolute atomic E-state index is 5.64. The molecule has 0 amide bonds. The molecule has 0 aromatic rings. The van der Waals surface area contributed by atoms with Gasteiger partial charge < -0.3 is 5.73 Å². The van der Waals surface area contributed by atoms with Crippen LogP contribution in [0.3, 0.4) is 0 Å². The SMILES string of the molecule is C=C1CCCCC(CN)CC1. The van der Waals surface area contributed by atoms with E-state index >= 15 is 0 Å². The summed E-state index contributed by atoms with van der Waals surface area (Å²) in [6, 6.07) is 0. The zero-order chi connectivity index (χ0) is 8.10. The molecule has 0 spiro atoms. The highest BCUT2D eigenvalue weighted by molar-refractivity contribution is 4.95. The lowest BCUT2D eigenvalue weighted by atomic mass is 9.89. The molecule has 11 heavy (non-hydrogen) atoms. The molecule has 1 rings (SSSR count). The number of allylic oxidation sites excluding steroid dienone is 1. The molecule has 0 aromatic carbocycles. The molecule has 1 heteroatoms. The van der Waals surface area contributed by atoms with E-state index in [-0.39, 0.29) is 0 Å². The second kappa shape index (κ2) is 4.55. The van der Waals surface area contributed by atoms with E-state index in [1.165, 1.54) is 44.1 Å². The average Bonchev–Trinajstić information content (AvgIpc) is 1.98. The summed E-state index contributed by atoms with van der Waals surface area (Å²) in [6.07, 6.45) is 7.74. The van der Waals surface area contributed by atoms with Gasteiger partial charge in [-0.05, 0) is 44.6 Å². The highest BCUT2D eigenvalue weighted by Crippen LogP contribution is 2.23. The van der Waals surface area contributed by atoms with Crippen molar-refractivity contribution in [1.82, 2.24) is 0 Å². The Morgan fingerprint density at radius 1 is 1.27 bits per heavy atom. The summed E-state index contributed by atoms with van der Waals surface area (Å²) in [7, 11) is 0. The number of hydrogen-bond acceptors (Lipinski definition) is 1. The van der Waals surface area contributed by atoms with Gasteiger partial charge in [-0.3, -0.25) is 0 Å². The van der Waals surface area contributed by atoms with Crippen molar-refractivity contribution >= 4 is 0 Å². The Balaban J connectivity index is 2.31. The fraction of sp³-hybridized carbons (Fsp3) is 0.800. The predicted molar refractivity (Wildman–Crippen MR) is 49.4 cm³/mol. The molecule has 64 valence electrons. The summed E-state index contributed by atoms with van der Waals surface area (Å²) in [5.74, 6) is 0.770. The van der Waals surface area contributed by atoms with Crippen molar-refractivity contribution in [3.8, 4) is 0 Å². The highest BCUT2D eigenvalue weighted by atomic mass is 14.5. The maximum Gasteiger partial charge on any atom is -0.00488 e. The second-order valence-corrected chi connectivity index (χ2v) is 3.64. The van der Waals surface area contributed by atoms with Gasteiger partial charge in [0.05, 0.1) is 0 Å². The lowest BCUT2D eigenvalue weighted by molar-refractivity contribution is 0.418. The lowest BCUT2D eigenvalue weighted by Gasteiger charge is -2.18. The molecule has 2 N–H and O–H groups in total. The lowest BCUT2D eigenvalue weighted by Crippen LogP contribution is -2.15. The van der Waals surface area contributed by atoms with Crippen molar-refractivity contribution in [3.63, 3.8) is 0 Å². The predicted octanol–water partition coefficient (Wildman–Crippen LogP) is 2.47. The van der Waals surface area contributed by atoms with Gasteiger partial charge in [-0.15, -0.1) is 0 Å². The second-order valence-electron chi connectivity index (χ2n) is 3.64.